The van der Waals surface area contributed by atoms with Crippen LogP contribution in [0.25, 0.3) is 0 Å². The number of carbonyl (C=O) groups excluding carboxylic acids is 2. The highest BCUT2D eigenvalue weighted by atomic mass is 35.5. The van der Waals surface area contributed by atoms with E-state index < -0.39 is 0 Å². The molecular formula is C16H24ClN3O2. The van der Waals surface area contributed by atoms with Gasteiger partial charge in [-0.1, -0.05) is 18.2 Å². The Morgan fingerprint density at radius 1 is 1.23 bits per heavy atom. The van der Waals surface area contributed by atoms with Crippen molar-refractivity contribution in [1.29, 1.82) is 0 Å². The molecule has 0 spiro atoms. The molecule has 2 amide bonds. The Morgan fingerprint density at radius 2 is 1.95 bits per heavy atom. The average molecular weight is 326 g/mol. The largest absolute Gasteiger partial charge is 0.350 e. The zero-order chi connectivity index (χ0) is 15.1. The van der Waals surface area contributed by atoms with Crippen molar-refractivity contribution >= 4 is 24.2 Å². The first-order valence-corrected chi connectivity index (χ1v) is 7.49. The molecule has 22 heavy (non-hydrogen) atoms. The lowest BCUT2D eigenvalue weighted by atomic mass is 10.0. The van der Waals surface area contributed by atoms with E-state index in [-0.39, 0.29) is 30.3 Å². The smallest absolute Gasteiger partial charge is 0.251 e. The summed E-state index contributed by atoms with van der Waals surface area (Å²) in [7, 11) is 1.77. The van der Waals surface area contributed by atoms with E-state index in [1.807, 2.05) is 23.1 Å². The van der Waals surface area contributed by atoms with E-state index in [1.165, 1.54) is 0 Å². The molecular weight excluding hydrogens is 302 g/mol. The molecule has 5 nitrogen and oxygen atoms in total. The van der Waals surface area contributed by atoms with Gasteiger partial charge in [0.15, 0.2) is 0 Å². The molecule has 0 bridgehead atoms. The molecule has 1 fully saturated rings. The predicted octanol–water partition coefficient (Wildman–Crippen LogP) is 1.44. The van der Waals surface area contributed by atoms with Crippen molar-refractivity contribution in [3.8, 4) is 0 Å². The minimum absolute atomic E-state index is 0. The van der Waals surface area contributed by atoms with Crippen LogP contribution in [0.2, 0.25) is 0 Å². The lowest BCUT2D eigenvalue weighted by Crippen LogP contribution is -2.51. The normalized spacial score (nSPS) is 17.5. The second kappa shape index (κ2) is 9.43. The van der Waals surface area contributed by atoms with Crippen LogP contribution in [0.3, 0.4) is 0 Å². The van der Waals surface area contributed by atoms with E-state index >= 15 is 0 Å². The first-order chi connectivity index (χ1) is 10.2. The number of benzene rings is 1. The summed E-state index contributed by atoms with van der Waals surface area (Å²) in [4.78, 5) is 26.0. The van der Waals surface area contributed by atoms with Crippen LogP contribution in [-0.4, -0.2) is 49.4 Å². The Bertz CT molecular complexity index is 482. The number of piperidine rings is 1. The Kier molecular flexibility index (Phi) is 7.91. The number of hydrogen-bond acceptors (Lipinski definition) is 3. The van der Waals surface area contributed by atoms with Crippen molar-refractivity contribution in [3.63, 3.8) is 0 Å². The minimum Gasteiger partial charge on any atom is -0.350 e. The monoisotopic (exact) mass is 325 g/mol. The maximum atomic E-state index is 12.1. The topological polar surface area (TPSA) is 61.4 Å². The number of rotatable bonds is 5. The van der Waals surface area contributed by atoms with Crippen molar-refractivity contribution < 1.29 is 9.59 Å². The van der Waals surface area contributed by atoms with Crippen LogP contribution in [0, 0.1) is 0 Å². The molecule has 1 atom stereocenters. The molecule has 0 radical (unpaired) electrons. The molecule has 1 saturated heterocycles. The van der Waals surface area contributed by atoms with E-state index in [1.54, 1.807) is 19.2 Å². The van der Waals surface area contributed by atoms with Gasteiger partial charge in [0.25, 0.3) is 5.91 Å². The molecule has 1 aliphatic heterocycles. The predicted molar refractivity (Wildman–Crippen MR) is 89.3 cm³/mol. The van der Waals surface area contributed by atoms with Gasteiger partial charge in [-0.15, -0.1) is 12.4 Å². The molecule has 1 aliphatic rings. The summed E-state index contributed by atoms with van der Waals surface area (Å²) in [6.45, 7) is 1.65. The molecule has 1 aromatic carbocycles. The summed E-state index contributed by atoms with van der Waals surface area (Å²) < 4.78 is 0. The number of hydrogen-bond donors (Lipinski definition) is 2. The van der Waals surface area contributed by atoms with Gasteiger partial charge in [-0.2, -0.15) is 0 Å². The molecule has 2 N–H and O–H groups in total. The fourth-order valence-corrected chi connectivity index (χ4v) is 2.70. The van der Waals surface area contributed by atoms with E-state index in [0.717, 1.165) is 25.8 Å². The van der Waals surface area contributed by atoms with Gasteiger partial charge >= 0.3 is 0 Å². The quantitative estimate of drug-likeness (QED) is 0.861. The molecule has 1 unspecified atom stereocenters. The Morgan fingerprint density at radius 3 is 2.64 bits per heavy atom. The zero-order valence-electron chi connectivity index (χ0n) is 12.9. The maximum absolute atomic E-state index is 12.1. The number of likely N-dealkylation sites (tertiary alicyclic amines) is 1. The van der Waals surface area contributed by atoms with Gasteiger partial charge in [0, 0.05) is 24.7 Å². The van der Waals surface area contributed by atoms with Crippen LogP contribution in [0.4, 0.5) is 0 Å². The molecule has 0 aliphatic carbocycles. The van der Waals surface area contributed by atoms with Gasteiger partial charge in [-0.05, 0) is 38.4 Å². The highest BCUT2D eigenvalue weighted by Gasteiger charge is 2.26. The van der Waals surface area contributed by atoms with Gasteiger partial charge in [0.2, 0.25) is 5.91 Å². The van der Waals surface area contributed by atoms with Gasteiger partial charge in [0.1, 0.15) is 0 Å². The van der Waals surface area contributed by atoms with Crippen LogP contribution >= 0.6 is 12.4 Å². The van der Waals surface area contributed by atoms with Crippen molar-refractivity contribution in [1.82, 2.24) is 15.5 Å². The first-order valence-electron chi connectivity index (χ1n) is 7.49. The molecule has 0 aromatic heterocycles. The van der Waals surface area contributed by atoms with E-state index in [2.05, 4.69) is 10.6 Å². The summed E-state index contributed by atoms with van der Waals surface area (Å²) in [5.41, 5.74) is 0.654. The van der Waals surface area contributed by atoms with Crippen molar-refractivity contribution in [2.24, 2.45) is 0 Å². The lowest BCUT2D eigenvalue weighted by molar-refractivity contribution is -0.133. The second-order valence-corrected chi connectivity index (χ2v) is 5.34. The van der Waals surface area contributed by atoms with Crippen LogP contribution in [-0.2, 0) is 4.79 Å². The highest BCUT2D eigenvalue weighted by molar-refractivity contribution is 5.94. The third-order valence-corrected chi connectivity index (χ3v) is 3.81. The summed E-state index contributed by atoms with van der Waals surface area (Å²) in [6.07, 6.45) is 3.10. The zero-order valence-corrected chi connectivity index (χ0v) is 13.7. The first kappa shape index (κ1) is 18.5. The maximum Gasteiger partial charge on any atom is 0.251 e. The number of nitrogens with zero attached hydrogens (tertiary/aromatic N) is 1. The van der Waals surface area contributed by atoms with E-state index in [9.17, 15) is 9.59 Å². The molecule has 2 rings (SSSR count). The van der Waals surface area contributed by atoms with Crippen molar-refractivity contribution in [2.75, 3.05) is 26.7 Å². The van der Waals surface area contributed by atoms with Gasteiger partial charge in [-0.3, -0.25) is 9.59 Å². The minimum atomic E-state index is -0.0813. The number of amides is 2. The standard InChI is InChI=1S/C16H23N3O2.ClH/c1-17-12-15(20)19-10-6-5-9-14(19)11-18-16(21)13-7-3-2-4-8-13;/h2-4,7-8,14,17H,5-6,9-12H2,1H3,(H,18,21);1H. The van der Waals surface area contributed by atoms with E-state index in [4.69, 9.17) is 0 Å². The van der Waals surface area contributed by atoms with Crippen LogP contribution in [0.5, 0.6) is 0 Å². The van der Waals surface area contributed by atoms with E-state index in [0.29, 0.717) is 18.7 Å². The molecule has 1 aromatic rings. The fraction of sp³-hybridized carbons (Fsp3) is 0.500. The Hall–Kier alpha value is -1.59. The third kappa shape index (κ3) is 5.00. The van der Waals surface area contributed by atoms with Crippen molar-refractivity contribution in [2.45, 2.75) is 25.3 Å². The SMILES string of the molecule is CNCC(=O)N1CCCCC1CNC(=O)c1ccccc1.Cl. The fourth-order valence-electron chi connectivity index (χ4n) is 2.70. The number of halogens is 1. The van der Waals surface area contributed by atoms with Crippen molar-refractivity contribution in [3.05, 3.63) is 35.9 Å². The number of likely N-dealkylation sites (N-methyl/N-ethyl adjacent to an activating group) is 1. The lowest BCUT2D eigenvalue weighted by Gasteiger charge is -2.36. The summed E-state index contributed by atoms with van der Waals surface area (Å²) >= 11 is 0. The summed E-state index contributed by atoms with van der Waals surface area (Å²) in [6, 6.07) is 9.26. The Labute approximate surface area is 137 Å². The summed E-state index contributed by atoms with van der Waals surface area (Å²) in [5.74, 6) is 0.0262. The average Bonchev–Trinajstić information content (AvgIpc) is 2.54. The number of nitrogens with one attached hydrogen (secondary N) is 2. The molecule has 122 valence electrons. The van der Waals surface area contributed by atoms with Gasteiger partial charge < -0.3 is 15.5 Å². The third-order valence-electron chi connectivity index (χ3n) is 3.81. The van der Waals surface area contributed by atoms with Gasteiger partial charge in [0.05, 0.1) is 6.54 Å². The number of carbonyl (C=O) groups is 2. The van der Waals surface area contributed by atoms with Gasteiger partial charge in [-0.25, -0.2) is 0 Å². The second-order valence-electron chi connectivity index (χ2n) is 5.34. The van der Waals surface area contributed by atoms with Crippen LogP contribution in [0.1, 0.15) is 29.6 Å². The summed E-state index contributed by atoms with van der Waals surface area (Å²) in [5, 5.41) is 5.84. The Balaban J connectivity index is 0.00000242. The molecule has 1 heterocycles. The molecule has 6 heteroatoms. The highest BCUT2D eigenvalue weighted by Crippen LogP contribution is 2.16. The van der Waals surface area contributed by atoms with Crippen LogP contribution < -0.4 is 10.6 Å². The van der Waals surface area contributed by atoms with Crippen LogP contribution in [0.15, 0.2) is 30.3 Å². The molecule has 0 saturated carbocycles.